The fourth-order valence-corrected chi connectivity index (χ4v) is 3.15. The average Bonchev–Trinajstić information content (AvgIpc) is 2.98. The van der Waals surface area contributed by atoms with Crippen molar-refractivity contribution in [2.75, 3.05) is 12.4 Å². The Morgan fingerprint density at radius 3 is 2.90 bits per heavy atom. The van der Waals surface area contributed by atoms with Crippen LogP contribution in [0.25, 0.3) is 12.2 Å². The summed E-state index contributed by atoms with van der Waals surface area (Å²) in [5.74, 6) is 2.42. The molecule has 158 valence electrons. The number of nitrogens with one attached hydrogen (secondary N) is 1. The van der Waals surface area contributed by atoms with E-state index in [1.54, 1.807) is 43.3 Å². The number of fused-ring (bicyclic) bond motifs is 1. The second-order valence-electron chi connectivity index (χ2n) is 7.27. The highest BCUT2D eigenvalue weighted by atomic mass is 16.5. The van der Waals surface area contributed by atoms with Crippen LogP contribution < -0.4 is 10.1 Å². The molecule has 2 atom stereocenters. The molecule has 2 unspecified atom stereocenters. The van der Waals surface area contributed by atoms with Gasteiger partial charge < -0.3 is 24.5 Å². The quantitative estimate of drug-likeness (QED) is 0.559. The van der Waals surface area contributed by atoms with Crippen LogP contribution >= 0.6 is 0 Å². The predicted molar refractivity (Wildman–Crippen MR) is 117 cm³/mol. The summed E-state index contributed by atoms with van der Waals surface area (Å²) in [6.45, 7) is 9.69. The van der Waals surface area contributed by atoms with Gasteiger partial charge in [0.1, 0.15) is 17.6 Å². The van der Waals surface area contributed by atoms with Crippen LogP contribution in [0.15, 0.2) is 41.5 Å². The molecule has 1 amide bonds. The predicted octanol–water partition coefficient (Wildman–Crippen LogP) is 3.67. The third-order valence-electron chi connectivity index (χ3n) is 4.97. The smallest absolute Gasteiger partial charge is 0.246 e. The number of aliphatic hydroxyl groups is 1. The number of nitrogens with zero attached hydrogens (tertiary/aromatic N) is 2. The number of likely N-dealkylation sites (N-methyl/N-ethyl adjacent to an activating group) is 1. The van der Waals surface area contributed by atoms with Crippen LogP contribution in [-0.4, -0.2) is 40.3 Å². The second-order valence-corrected chi connectivity index (χ2v) is 7.27. The highest BCUT2D eigenvalue weighted by molar-refractivity contribution is 5.91. The highest BCUT2D eigenvalue weighted by Crippen LogP contribution is 2.30. The van der Waals surface area contributed by atoms with Crippen LogP contribution in [0.5, 0.6) is 5.75 Å². The van der Waals surface area contributed by atoms with E-state index in [0.717, 1.165) is 28.2 Å². The molecule has 7 heteroatoms. The van der Waals surface area contributed by atoms with E-state index in [-0.39, 0.29) is 5.91 Å². The molecule has 0 aliphatic carbocycles. The van der Waals surface area contributed by atoms with Crippen LogP contribution in [0.1, 0.15) is 35.1 Å². The van der Waals surface area contributed by atoms with Crippen molar-refractivity contribution in [2.45, 2.75) is 39.6 Å². The zero-order chi connectivity index (χ0) is 21.8. The van der Waals surface area contributed by atoms with Gasteiger partial charge in [0.25, 0.3) is 0 Å². The third kappa shape index (κ3) is 4.63. The van der Waals surface area contributed by atoms with Gasteiger partial charge in [-0.15, -0.1) is 0 Å². The average molecular weight is 409 g/mol. The molecular formula is C23H27N3O4. The molecule has 2 aromatic heterocycles. The van der Waals surface area contributed by atoms with Gasteiger partial charge in [-0.2, -0.15) is 0 Å². The Kier molecular flexibility index (Phi) is 6.42. The molecule has 7 nitrogen and oxygen atoms in total. The summed E-state index contributed by atoms with van der Waals surface area (Å²) in [7, 11) is 1.73. The number of carbonyl (C=O) groups excluding carboxylic acids is 1. The lowest BCUT2D eigenvalue weighted by molar-refractivity contribution is -0.125. The number of furan rings is 1. The molecule has 30 heavy (non-hydrogen) atoms. The number of aromatic nitrogens is 1. The SMILES string of the molecule is C=C/C=C\c1c(C)oc(CN(C)C(=O)/C=C/c2cnc3c(c2)OC(C)C(O)N3)c1C. The first-order valence-electron chi connectivity index (χ1n) is 9.72. The van der Waals surface area contributed by atoms with Crippen molar-refractivity contribution in [3.63, 3.8) is 0 Å². The topological polar surface area (TPSA) is 87.8 Å². The van der Waals surface area contributed by atoms with Crippen LogP contribution in [-0.2, 0) is 11.3 Å². The third-order valence-corrected chi connectivity index (χ3v) is 4.97. The maximum atomic E-state index is 12.6. The molecule has 1 aliphatic rings. The maximum Gasteiger partial charge on any atom is 0.246 e. The molecule has 2 aromatic rings. The Bertz CT molecular complexity index is 1010. The number of rotatable bonds is 6. The van der Waals surface area contributed by atoms with Crippen molar-refractivity contribution < 1.29 is 19.1 Å². The van der Waals surface area contributed by atoms with Crippen molar-refractivity contribution in [3.8, 4) is 5.75 Å². The Labute approximate surface area is 176 Å². The van der Waals surface area contributed by atoms with E-state index < -0.39 is 12.3 Å². The van der Waals surface area contributed by atoms with Crippen LogP contribution in [0.2, 0.25) is 0 Å². The highest BCUT2D eigenvalue weighted by Gasteiger charge is 2.24. The summed E-state index contributed by atoms with van der Waals surface area (Å²) >= 11 is 0. The summed E-state index contributed by atoms with van der Waals surface area (Å²) in [5.41, 5.74) is 2.74. The largest absolute Gasteiger partial charge is 0.482 e. The first-order chi connectivity index (χ1) is 14.3. The molecule has 2 N–H and O–H groups in total. The standard InChI is InChI=1S/C23H27N3O4/c1-6-7-8-18-14(2)20(29-15(18)3)13-26(5)21(27)10-9-17-11-19-22(24-12-17)25-23(28)16(4)30-19/h6-12,16,23,28H,1,13H2,2-5H3,(H,24,25)/b8-7-,10-9+. The lowest BCUT2D eigenvalue weighted by Gasteiger charge is -2.28. The van der Waals surface area contributed by atoms with E-state index in [1.807, 2.05) is 26.0 Å². The van der Waals surface area contributed by atoms with E-state index in [4.69, 9.17) is 9.15 Å². The van der Waals surface area contributed by atoms with E-state index in [2.05, 4.69) is 16.9 Å². The number of pyridine rings is 1. The maximum absolute atomic E-state index is 12.6. The first-order valence-corrected chi connectivity index (χ1v) is 9.72. The molecule has 3 heterocycles. The van der Waals surface area contributed by atoms with Crippen LogP contribution in [0.4, 0.5) is 5.82 Å². The number of hydrogen-bond acceptors (Lipinski definition) is 6. The summed E-state index contributed by atoms with van der Waals surface area (Å²) < 4.78 is 11.5. The molecule has 0 spiro atoms. The number of aliphatic hydroxyl groups excluding tert-OH is 1. The summed E-state index contributed by atoms with van der Waals surface area (Å²) in [6, 6.07) is 1.78. The zero-order valence-electron chi connectivity index (χ0n) is 17.7. The fraction of sp³-hybridized carbons (Fsp3) is 0.304. The van der Waals surface area contributed by atoms with Gasteiger partial charge in [-0.1, -0.05) is 24.8 Å². The molecule has 0 fully saturated rings. The van der Waals surface area contributed by atoms with Gasteiger partial charge in [-0.05, 0) is 44.0 Å². The number of aryl methyl sites for hydroxylation is 1. The molecule has 3 rings (SSSR count). The normalized spacial score (nSPS) is 18.2. The second kappa shape index (κ2) is 9.00. The minimum absolute atomic E-state index is 0.160. The van der Waals surface area contributed by atoms with Gasteiger partial charge in [-0.25, -0.2) is 4.98 Å². The molecular weight excluding hydrogens is 382 g/mol. The Hall–Kier alpha value is -3.32. The van der Waals surface area contributed by atoms with Gasteiger partial charge in [0.15, 0.2) is 17.8 Å². The number of amides is 1. The van der Waals surface area contributed by atoms with Crippen molar-refractivity contribution in [3.05, 3.63) is 65.3 Å². The van der Waals surface area contributed by atoms with E-state index in [1.165, 1.54) is 6.08 Å². The molecule has 0 radical (unpaired) electrons. The monoisotopic (exact) mass is 409 g/mol. The Morgan fingerprint density at radius 2 is 2.17 bits per heavy atom. The first kappa shape index (κ1) is 21.4. The van der Waals surface area contributed by atoms with Gasteiger partial charge in [-0.3, -0.25) is 4.79 Å². The number of ether oxygens (including phenoxy) is 1. The Morgan fingerprint density at radius 1 is 1.40 bits per heavy atom. The number of hydrogen-bond donors (Lipinski definition) is 2. The lowest BCUT2D eigenvalue weighted by Crippen LogP contribution is -2.39. The van der Waals surface area contributed by atoms with Crippen molar-refractivity contribution in [1.29, 1.82) is 0 Å². The number of carbonyl (C=O) groups is 1. The number of allylic oxidation sites excluding steroid dienone is 2. The van der Waals surface area contributed by atoms with Crippen LogP contribution in [0.3, 0.4) is 0 Å². The van der Waals surface area contributed by atoms with E-state index >= 15 is 0 Å². The molecule has 0 saturated heterocycles. The Balaban J connectivity index is 1.68. The molecule has 1 aliphatic heterocycles. The van der Waals surface area contributed by atoms with E-state index in [9.17, 15) is 9.90 Å². The van der Waals surface area contributed by atoms with Crippen LogP contribution in [0, 0.1) is 13.8 Å². The van der Waals surface area contributed by atoms with Crippen molar-refractivity contribution >= 4 is 23.9 Å². The zero-order valence-corrected chi connectivity index (χ0v) is 17.7. The fourth-order valence-electron chi connectivity index (χ4n) is 3.15. The molecule has 0 bridgehead atoms. The van der Waals surface area contributed by atoms with Crippen molar-refractivity contribution in [1.82, 2.24) is 9.88 Å². The molecule has 0 aromatic carbocycles. The minimum atomic E-state index is -0.803. The minimum Gasteiger partial charge on any atom is -0.482 e. The lowest BCUT2D eigenvalue weighted by atomic mass is 10.1. The summed E-state index contributed by atoms with van der Waals surface area (Å²) in [4.78, 5) is 18.4. The van der Waals surface area contributed by atoms with Crippen molar-refractivity contribution in [2.24, 2.45) is 0 Å². The van der Waals surface area contributed by atoms with Gasteiger partial charge in [0, 0.05) is 24.9 Å². The van der Waals surface area contributed by atoms with Gasteiger partial charge in [0.05, 0.1) is 6.54 Å². The van der Waals surface area contributed by atoms with Gasteiger partial charge >= 0.3 is 0 Å². The molecule has 0 saturated carbocycles. The summed E-state index contributed by atoms with van der Waals surface area (Å²) in [5, 5.41) is 12.6. The van der Waals surface area contributed by atoms with E-state index in [0.29, 0.717) is 18.1 Å². The summed E-state index contributed by atoms with van der Waals surface area (Å²) in [6.07, 6.45) is 9.11. The van der Waals surface area contributed by atoms with Gasteiger partial charge in [0.2, 0.25) is 5.91 Å². The number of anilines is 1.